The van der Waals surface area contributed by atoms with Crippen LogP contribution in [0.2, 0.25) is 0 Å². The zero-order valence-corrected chi connectivity index (χ0v) is 15.7. The van der Waals surface area contributed by atoms with Gasteiger partial charge < -0.3 is 15.3 Å². The minimum absolute atomic E-state index is 0.00856. The molecular formula is C19H22N4O5. The van der Waals surface area contributed by atoms with Gasteiger partial charge in [0.2, 0.25) is 5.91 Å². The maximum atomic E-state index is 12.9. The van der Waals surface area contributed by atoms with E-state index in [1.165, 1.54) is 26.0 Å². The van der Waals surface area contributed by atoms with Gasteiger partial charge in [0.05, 0.1) is 6.54 Å². The third kappa shape index (κ3) is 5.50. The normalized spacial score (nSPS) is 11.5. The fourth-order valence-electron chi connectivity index (χ4n) is 2.54. The fourth-order valence-corrected chi connectivity index (χ4v) is 2.54. The standard InChI is InChI=1S/C19H22N4O5/c1-13(19(27)28)22(11-10-20-14(2)24)18(26)16-8-9-17(25)23(21-16)12-15-6-4-3-5-7-15/h3-9,13H,10-12H2,1-2H3,(H,20,24)(H,27,28). The predicted octanol–water partition coefficient (Wildman–Crippen LogP) is 0.343. The van der Waals surface area contributed by atoms with Gasteiger partial charge >= 0.3 is 5.97 Å². The lowest BCUT2D eigenvalue weighted by Gasteiger charge is -2.26. The summed E-state index contributed by atoms with van der Waals surface area (Å²) in [4.78, 5) is 48.5. The Bertz CT molecular complexity index is 910. The number of aliphatic carboxylic acids is 1. The van der Waals surface area contributed by atoms with Crippen molar-refractivity contribution in [3.05, 3.63) is 64.1 Å². The zero-order chi connectivity index (χ0) is 20.7. The molecular weight excluding hydrogens is 364 g/mol. The van der Waals surface area contributed by atoms with Gasteiger partial charge in [0.15, 0.2) is 0 Å². The van der Waals surface area contributed by atoms with Crippen LogP contribution in [-0.2, 0) is 16.1 Å². The lowest BCUT2D eigenvalue weighted by atomic mass is 10.2. The predicted molar refractivity (Wildman–Crippen MR) is 101 cm³/mol. The molecule has 0 saturated heterocycles. The van der Waals surface area contributed by atoms with E-state index < -0.39 is 17.9 Å². The molecule has 1 heterocycles. The first-order valence-corrected chi connectivity index (χ1v) is 8.70. The number of amides is 2. The van der Waals surface area contributed by atoms with Crippen molar-refractivity contribution in [1.29, 1.82) is 0 Å². The van der Waals surface area contributed by atoms with Crippen LogP contribution in [0, 0.1) is 0 Å². The van der Waals surface area contributed by atoms with Crippen LogP contribution in [0.5, 0.6) is 0 Å². The zero-order valence-electron chi connectivity index (χ0n) is 15.7. The van der Waals surface area contributed by atoms with Gasteiger partial charge in [0.1, 0.15) is 11.7 Å². The van der Waals surface area contributed by atoms with E-state index in [4.69, 9.17) is 0 Å². The quantitative estimate of drug-likeness (QED) is 0.675. The van der Waals surface area contributed by atoms with Gasteiger partial charge in [-0.15, -0.1) is 0 Å². The van der Waals surface area contributed by atoms with Crippen LogP contribution in [0.15, 0.2) is 47.3 Å². The smallest absolute Gasteiger partial charge is 0.326 e. The molecule has 0 fully saturated rings. The van der Waals surface area contributed by atoms with Gasteiger partial charge in [0, 0.05) is 26.1 Å². The summed E-state index contributed by atoms with van der Waals surface area (Å²) < 4.78 is 1.15. The number of nitrogens with zero attached hydrogens (tertiary/aromatic N) is 3. The van der Waals surface area contributed by atoms with Crippen LogP contribution < -0.4 is 10.9 Å². The van der Waals surface area contributed by atoms with Crippen LogP contribution in [0.3, 0.4) is 0 Å². The van der Waals surface area contributed by atoms with Crippen LogP contribution in [0.1, 0.15) is 29.9 Å². The largest absolute Gasteiger partial charge is 0.480 e. The molecule has 0 saturated carbocycles. The molecule has 148 valence electrons. The first kappa shape index (κ1) is 20.8. The lowest BCUT2D eigenvalue weighted by Crippen LogP contribution is -2.47. The molecule has 2 amide bonds. The summed E-state index contributed by atoms with van der Waals surface area (Å²) in [5.74, 6) is -2.11. The average molecular weight is 386 g/mol. The van der Waals surface area contributed by atoms with Crippen molar-refractivity contribution in [2.75, 3.05) is 13.1 Å². The Hall–Kier alpha value is -3.49. The summed E-state index contributed by atoms with van der Waals surface area (Å²) in [7, 11) is 0. The van der Waals surface area contributed by atoms with E-state index in [-0.39, 0.29) is 36.8 Å². The molecule has 0 spiro atoms. The highest BCUT2D eigenvalue weighted by atomic mass is 16.4. The molecule has 2 rings (SSSR count). The number of aromatic nitrogens is 2. The summed E-state index contributed by atoms with van der Waals surface area (Å²) in [5, 5.41) is 15.9. The number of hydrogen-bond acceptors (Lipinski definition) is 5. The molecule has 0 aliphatic rings. The summed E-state index contributed by atoms with van der Waals surface area (Å²) in [6, 6.07) is 10.5. The van der Waals surface area contributed by atoms with Crippen molar-refractivity contribution in [3.8, 4) is 0 Å². The molecule has 2 N–H and O–H groups in total. The van der Waals surface area contributed by atoms with Crippen molar-refractivity contribution in [3.63, 3.8) is 0 Å². The second-order valence-electron chi connectivity index (χ2n) is 6.20. The minimum atomic E-state index is -1.19. The van der Waals surface area contributed by atoms with E-state index in [1.54, 1.807) is 0 Å². The van der Waals surface area contributed by atoms with E-state index in [9.17, 15) is 24.3 Å². The number of carbonyl (C=O) groups is 3. The van der Waals surface area contributed by atoms with Gasteiger partial charge in [-0.3, -0.25) is 14.4 Å². The molecule has 1 aromatic carbocycles. The molecule has 0 aliphatic carbocycles. The Labute approximate surface area is 161 Å². The highest BCUT2D eigenvalue weighted by Gasteiger charge is 2.27. The number of carbonyl (C=O) groups excluding carboxylic acids is 2. The van der Waals surface area contributed by atoms with E-state index in [2.05, 4.69) is 10.4 Å². The second-order valence-corrected chi connectivity index (χ2v) is 6.20. The first-order chi connectivity index (χ1) is 13.3. The van der Waals surface area contributed by atoms with E-state index in [1.807, 2.05) is 30.3 Å². The molecule has 2 aromatic rings. The molecule has 1 unspecified atom stereocenters. The Morgan fingerprint density at radius 2 is 1.86 bits per heavy atom. The van der Waals surface area contributed by atoms with E-state index in [0.717, 1.165) is 15.1 Å². The summed E-state index contributed by atoms with van der Waals surface area (Å²) in [5.41, 5.74) is 0.408. The van der Waals surface area contributed by atoms with Crippen molar-refractivity contribution in [1.82, 2.24) is 20.0 Å². The summed E-state index contributed by atoms with van der Waals surface area (Å²) in [6.45, 7) is 2.97. The molecule has 1 aromatic heterocycles. The molecule has 0 radical (unpaired) electrons. The van der Waals surface area contributed by atoms with Gasteiger partial charge in [0.25, 0.3) is 11.5 Å². The Kier molecular flexibility index (Phi) is 7.02. The Morgan fingerprint density at radius 3 is 2.46 bits per heavy atom. The Balaban J connectivity index is 2.27. The monoisotopic (exact) mass is 386 g/mol. The van der Waals surface area contributed by atoms with Gasteiger partial charge in [-0.25, -0.2) is 9.48 Å². The lowest BCUT2D eigenvalue weighted by molar-refractivity contribution is -0.141. The highest BCUT2D eigenvalue weighted by molar-refractivity contribution is 5.94. The van der Waals surface area contributed by atoms with Crippen molar-refractivity contribution < 1.29 is 19.5 Å². The Morgan fingerprint density at radius 1 is 1.18 bits per heavy atom. The van der Waals surface area contributed by atoms with Crippen molar-refractivity contribution in [2.45, 2.75) is 26.4 Å². The van der Waals surface area contributed by atoms with Crippen LogP contribution in [0.25, 0.3) is 0 Å². The number of carboxylic acids is 1. The minimum Gasteiger partial charge on any atom is -0.480 e. The maximum absolute atomic E-state index is 12.9. The number of nitrogens with one attached hydrogen (secondary N) is 1. The summed E-state index contributed by atoms with van der Waals surface area (Å²) in [6.07, 6.45) is 0. The van der Waals surface area contributed by atoms with Gasteiger partial charge in [-0.1, -0.05) is 30.3 Å². The third-order valence-corrected chi connectivity index (χ3v) is 4.07. The summed E-state index contributed by atoms with van der Waals surface area (Å²) >= 11 is 0. The van der Waals surface area contributed by atoms with Crippen LogP contribution >= 0.6 is 0 Å². The van der Waals surface area contributed by atoms with Gasteiger partial charge in [-0.2, -0.15) is 5.10 Å². The van der Waals surface area contributed by atoms with E-state index >= 15 is 0 Å². The molecule has 28 heavy (non-hydrogen) atoms. The average Bonchev–Trinajstić information content (AvgIpc) is 2.66. The number of carboxylic acid groups (broad SMARTS) is 1. The fraction of sp³-hybridized carbons (Fsp3) is 0.316. The molecule has 1 atom stereocenters. The number of rotatable bonds is 8. The number of benzene rings is 1. The van der Waals surface area contributed by atoms with Crippen LogP contribution in [-0.4, -0.2) is 56.7 Å². The molecule has 0 bridgehead atoms. The molecule has 0 aliphatic heterocycles. The molecule has 9 nitrogen and oxygen atoms in total. The third-order valence-electron chi connectivity index (χ3n) is 4.07. The topological polar surface area (TPSA) is 122 Å². The first-order valence-electron chi connectivity index (χ1n) is 8.70. The second kappa shape index (κ2) is 9.45. The number of hydrogen-bond donors (Lipinski definition) is 2. The van der Waals surface area contributed by atoms with Crippen molar-refractivity contribution >= 4 is 17.8 Å². The SMILES string of the molecule is CC(=O)NCCN(C(=O)c1ccc(=O)n(Cc2ccccc2)n1)C(C)C(=O)O. The molecule has 9 heteroatoms. The maximum Gasteiger partial charge on any atom is 0.326 e. The van der Waals surface area contributed by atoms with Crippen LogP contribution in [0.4, 0.5) is 0 Å². The highest BCUT2D eigenvalue weighted by Crippen LogP contribution is 2.07. The van der Waals surface area contributed by atoms with Crippen molar-refractivity contribution in [2.24, 2.45) is 0 Å². The van der Waals surface area contributed by atoms with Gasteiger partial charge in [-0.05, 0) is 18.6 Å². The van der Waals surface area contributed by atoms with E-state index in [0.29, 0.717) is 0 Å².